The van der Waals surface area contributed by atoms with Crippen LogP contribution in [0.2, 0.25) is 0 Å². The second kappa shape index (κ2) is 5.26. The molecule has 0 saturated carbocycles. The Kier molecular flexibility index (Phi) is 3.90. The highest BCUT2D eigenvalue weighted by atomic mass is 127. The third-order valence-corrected chi connectivity index (χ3v) is 3.70. The number of nitrogens with zero attached hydrogens (tertiary/aromatic N) is 1. The van der Waals surface area contributed by atoms with E-state index in [-0.39, 0.29) is 5.92 Å². The summed E-state index contributed by atoms with van der Waals surface area (Å²) >= 11 is 2.08. The summed E-state index contributed by atoms with van der Waals surface area (Å²) in [6.07, 6.45) is 0. The van der Waals surface area contributed by atoms with E-state index in [1.807, 2.05) is 6.07 Å². The molecular formula is C15H16INO. The highest BCUT2D eigenvalue weighted by Crippen LogP contribution is 2.32. The fraction of sp³-hybridized carbons (Fsp3) is 0.267. The van der Waals surface area contributed by atoms with E-state index in [0.29, 0.717) is 9.45 Å². The number of pyridine rings is 1. The molecule has 94 valence electrons. The number of benzene rings is 1. The SMILES string of the molecule is Cc1ccc(-c2cc(C(C)C)c(O)c(I)n2)cc1. The molecule has 2 aromatic rings. The van der Waals surface area contributed by atoms with E-state index in [0.717, 1.165) is 16.8 Å². The fourth-order valence-corrected chi connectivity index (χ4v) is 2.41. The van der Waals surface area contributed by atoms with Crippen LogP contribution in [0, 0.1) is 10.6 Å². The molecule has 1 aromatic carbocycles. The Morgan fingerprint density at radius 1 is 1.17 bits per heavy atom. The van der Waals surface area contributed by atoms with Crippen molar-refractivity contribution in [3.8, 4) is 17.0 Å². The Labute approximate surface area is 121 Å². The van der Waals surface area contributed by atoms with E-state index in [1.165, 1.54) is 5.56 Å². The van der Waals surface area contributed by atoms with Crippen molar-refractivity contribution in [1.82, 2.24) is 4.98 Å². The van der Waals surface area contributed by atoms with Crippen LogP contribution in [-0.4, -0.2) is 10.1 Å². The molecule has 0 aliphatic carbocycles. The van der Waals surface area contributed by atoms with Crippen LogP contribution in [0.3, 0.4) is 0 Å². The highest BCUT2D eigenvalue weighted by Gasteiger charge is 2.13. The van der Waals surface area contributed by atoms with Crippen LogP contribution in [0.4, 0.5) is 0 Å². The van der Waals surface area contributed by atoms with Gasteiger partial charge in [-0.25, -0.2) is 4.98 Å². The van der Waals surface area contributed by atoms with Gasteiger partial charge in [0.15, 0.2) is 5.75 Å². The Morgan fingerprint density at radius 2 is 1.78 bits per heavy atom. The second-order valence-corrected chi connectivity index (χ2v) is 5.78. The number of aromatic nitrogens is 1. The summed E-state index contributed by atoms with van der Waals surface area (Å²) in [5.74, 6) is 0.590. The van der Waals surface area contributed by atoms with Crippen LogP contribution in [-0.2, 0) is 0 Å². The normalized spacial score (nSPS) is 10.9. The largest absolute Gasteiger partial charge is 0.505 e. The van der Waals surface area contributed by atoms with Crippen molar-refractivity contribution in [1.29, 1.82) is 0 Å². The lowest BCUT2D eigenvalue weighted by Gasteiger charge is -2.12. The van der Waals surface area contributed by atoms with Gasteiger partial charge >= 0.3 is 0 Å². The van der Waals surface area contributed by atoms with Gasteiger partial charge in [0.2, 0.25) is 0 Å². The third-order valence-electron chi connectivity index (χ3n) is 2.95. The van der Waals surface area contributed by atoms with E-state index < -0.39 is 0 Å². The maximum Gasteiger partial charge on any atom is 0.150 e. The number of hydrogen-bond acceptors (Lipinski definition) is 2. The Balaban J connectivity index is 2.55. The second-order valence-electron chi connectivity index (χ2n) is 4.76. The Hall–Kier alpha value is -1.10. The molecule has 18 heavy (non-hydrogen) atoms. The number of aromatic hydroxyl groups is 1. The van der Waals surface area contributed by atoms with Crippen LogP contribution in [0.1, 0.15) is 30.9 Å². The maximum absolute atomic E-state index is 10.0. The molecule has 1 heterocycles. The van der Waals surface area contributed by atoms with Gasteiger partial charge in [-0.3, -0.25) is 0 Å². The molecular weight excluding hydrogens is 337 g/mol. The van der Waals surface area contributed by atoms with Crippen molar-refractivity contribution < 1.29 is 5.11 Å². The topological polar surface area (TPSA) is 33.1 Å². The minimum absolute atomic E-state index is 0.283. The lowest BCUT2D eigenvalue weighted by Crippen LogP contribution is -1.96. The predicted octanol–water partition coefficient (Wildman–Crippen LogP) is 4.49. The zero-order chi connectivity index (χ0) is 13.3. The Bertz CT molecular complexity index is 561. The summed E-state index contributed by atoms with van der Waals surface area (Å²) in [4.78, 5) is 4.45. The van der Waals surface area contributed by atoms with E-state index >= 15 is 0 Å². The van der Waals surface area contributed by atoms with E-state index in [9.17, 15) is 5.11 Å². The molecule has 0 atom stereocenters. The standard InChI is InChI=1S/C15H16INO/c1-9(2)12-8-13(17-15(16)14(12)18)11-6-4-10(3)5-7-11/h4-9,18H,1-3H3. The predicted molar refractivity (Wildman–Crippen MR) is 82.9 cm³/mol. The van der Waals surface area contributed by atoms with Gasteiger partial charge in [-0.1, -0.05) is 43.7 Å². The van der Waals surface area contributed by atoms with Crippen LogP contribution >= 0.6 is 22.6 Å². The summed E-state index contributed by atoms with van der Waals surface area (Å²) in [5.41, 5.74) is 4.18. The molecule has 0 amide bonds. The average molecular weight is 353 g/mol. The molecule has 2 nitrogen and oxygen atoms in total. The number of aryl methyl sites for hydroxylation is 1. The summed E-state index contributed by atoms with van der Waals surface area (Å²) in [6, 6.07) is 10.3. The smallest absolute Gasteiger partial charge is 0.150 e. The number of halogens is 1. The first-order valence-corrected chi connectivity index (χ1v) is 7.03. The molecule has 3 heteroatoms. The summed E-state index contributed by atoms with van der Waals surface area (Å²) in [7, 11) is 0. The first kappa shape index (κ1) is 13.3. The first-order valence-electron chi connectivity index (χ1n) is 5.95. The van der Waals surface area contributed by atoms with Crippen LogP contribution in [0.5, 0.6) is 5.75 Å². The first-order chi connectivity index (χ1) is 8.49. The molecule has 0 unspecified atom stereocenters. The monoisotopic (exact) mass is 353 g/mol. The summed E-state index contributed by atoms with van der Waals surface area (Å²) in [6.45, 7) is 6.21. The van der Waals surface area contributed by atoms with Crippen molar-refractivity contribution in [2.24, 2.45) is 0 Å². The van der Waals surface area contributed by atoms with E-state index in [4.69, 9.17) is 0 Å². The van der Waals surface area contributed by atoms with Gasteiger partial charge in [0.1, 0.15) is 3.70 Å². The molecule has 1 N–H and O–H groups in total. The molecule has 0 saturated heterocycles. The average Bonchev–Trinajstić information content (AvgIpc) is 2.33. The zero-order valence-corrected chi connectivity index (χ0v) is 12.9. The van der Waals surface area contributed by atoms with Crippen molar-refractivity contribution in [2.75, 3.05) is 0 Å². The lowest BCUT2D eigenvalue weighted by molar-refractivity contribution is 0.457. The highest BCUT2D eigenvalue weighted by molar-refractivity contribution is 14.1. The van der Waals surface area contributed by atoms with Gasteiger partial charge in [-0.2, -0.15) is 0 Å². The maximum atomic E-state index is 10.0. The van der Waals surface area contributed by atoms with Crippen molar-refractivity contribution in [2.45, 2.75) is 26.7 Å². The summed E-state index contributed by atoms with van der Waals surface area (Å²) < 4.78 is 0.661. The van der Waals surface area contributed by atoms with E-state index in [1.54, 1.807) is 0 Å². The van der Waals surface area contributed by atoms with Gasteiger partial charge in [0, 0.05) is 11.1 Å². The molecule has 0 spiro atoms. The molecule has 0 fully saturated rings. The van der Waals surface area contributed by atoms with Crippen LogP contribution in [0.15, 0.2) is 30.3 Å². The Morgan fingerprint density at radius 3 is 2.33 bits per heavy atom. The van der Waals surface area contributed by atoms with E-state index in [2.05, 4.69) is 72.6 Å². The molecule has 0 radical (unpaired) electrons. The lowest BCUT2D eigenvalue weighted by atomic mass is 10.0. The van der Waals surface area contributed by atoms with Crippen molar-refractivity contribution >= 4 is 22.6 Å². The van der Waals surface area contributed by atoms with Gasteiger partial charge < -0.3 is 5.11 Å². The minimum Gasteiger partial charge on any atom is -0.505 e. The summed E-state index contributed by atoms with van der Waals surface area (Å²) in [5, 5.41) is 10.0. The van der Waals surface area contributed by atoms with Crippen LogP contribution in [0.25, 0.3) is 11.3 Å². The molecule has 0 bridgehead atoms. The quantitative estimate of drug-likeness (QED) is 0.637. The molecule has 1 aromatic heterocycles. The molecule has 2 rings (SSSR count). The molecule has 0 aliphatic heterocycles. The van der Waals surface area contributed by atoms with Gasteiger partial charge in [0.05, 0.1) is 5.69 Å². The van der Waals surface area contributed by atoms with Gasteiger partial charge in [0.25, 0.3) is 0 Å². The van der Waals surface area contributed by atoms with Crippen molar-refractivity contribution in [3.63, 3.8) is 0 Å². The van der Waals surface area contributed by atoms with Gasteiger partial charge in [-0.15, -0.1) is 0 Å². The third kappa shape index (κ3) is 2.66. The van der Waals surface area contributed by atoms with Crippen LogP contribution < -0.4 is 0 Å². The van der Waals surface area contributed by atoms with Gasteiger partial charge in [-0.05, 0) is 41.5 Å². The molecule has 0 aliphatic rings. The minimum atomic E-state index is 0.283. The number of rotatable bonds is 2. The number of hydrogen-bond donors (Lipinski definition) is 1. The zero-order valence-electron chi connectivity index (χ0n) is 10.7. The van der Waals surface area contributed by atoms with Crippen molar-refractivity contribution in [3.05, 3.63) is 45.2 Å². The fourth-order valence-electron chi connectivity index (χ4n) is 1.84.